The Hall–Kier alpha value is -1.75. The normalized spacial score (nSPS) is 7.83. The summed E-state index contributed by atoms with van der Waals surface area (Å²) >= 11 is 0. The van der Waals surface area contributed by atoms with Crippen LogP contribution in [0.4, 0.5) is 4.79 Å². The minimum Gasteiger partial charge on any atom is -0.433 e. The highest BCUT2D eigenvalue weighted by molar-refractivity contribution is 5.59. The molecule has 0 aromatic heterocycles. The molecule has 0 atom stereocenters. The summed E-state index contributed by atoms with van der Waals surface area (Å²) in [7, 11) is 0. The first-order chi connectivity index (χ1) is 5.81. The molecular weight excluding hydrogens is 160 g/mol. The van der Waals surface area contributed by atoms with E-state index in [1.165, 1.54) is 0 Å². The molecule has 0 bridgehead atoms. The van der Waals surface area contributed by atoms with Gasteiger partial charge in [-0.2, -0.15) is 5.26 Å². The van der Waals surface area contributed by atoms with Crippen LogP contribution in [0.25, 0.3) is 4.85 Å². The van der Waals surface area contributed by atoms with Crippen LogP contribution in [-0.4, -0.2) is 25.9 Å². The Balaban J connectivity index is 3.24. The average molecular weight is 168 g/mol. The van der Waals surface area contributed by atoms with Gasteiger partial charge in [-0.15, -0.1) is 0 Å². The van der Waals surface area contributed by atoms with E-state index in [1.807, 2.05) is 6.07 Å². The Labute approximate surface area is 70.3 Å². The van der Waals surface area contributed by atoms with E-state index < -0.39 is 6.16 Å². The van der Waals surface area contributed by atoms with E-state index in [9.17, 15) is 4.79 Å². The van der Waals surface area contributed by atoms with Crippen LogP contribution in [-0.2, 0) is 9.47 Å². The number of hydrogen-bond donors (Lipinski definition) is 0. The van der Waals surface area contributed by atoms with Crippen molar-refractivity contribution < 1.29 is 14.3 Å². The average Bonchev–Trinajstić information content (AvgIpc) is 2.06. The van der Waals surface area contributed by atoms with E-state index >= 15 is 0 Å². The Morgan fingerprint density at radius 1 is 1.50 bits per heavy atom. The van der Waals surface area contributed by atoms with Gasteiger partial charge in [-0.3, -0.25) is 0 Å². The van der Waals surface area contributed by atoms with E-state index in [-0.39, 0.29) is 26.2 Å². The van der Waals surface area contributed by atoms with Gasteiger partial charge in [-0.1, -0.05) is 0 Å². The third-order valence-corrected chi connectivity index (χ3v) is 0.857. The SMILES string of the molecule is [C-]#[N+]CCOC(=O)OCCC#N. The first kappa shape index (κ1) is 10.2. The van der Waals surface area contributed by atoms with Crippen LogP contribution in [0.15, 0.2) is 0 Å². The maximum atomic E-state index is 10.5. The third kappa shape index (κ3) is 6.37. The van der Waals surface area contributed by atoms with Crippen molar-refractivity contribution in [1.29, 1.82) is 5.26 Å². The highest BCUT2D eigenvalue weighted by Gasteiger charge is 2.02. The van der Waals surface area contributed by atoms with Gasteiger partial charge in [0.25, 0.3) is 0 Å². The van der Waals surface area contributed by atoms with Crippen molar-refractivity contribution in [2.75, 3.05) is 19.8 Å². The molecule has 0 heterocycles. The Morgan fingerprint density at radius 2 is 2.17 bits per heavy atom. The molecule has 0 aromatic rings. The van der Waals surface area contributed by atoms with Crippen molar-refractivity contribution in [2.24, 2.45) is 0 Å². The Kier molecular flexibility index (Phi) is 6.29. The van der Waals surface area contributed by atoms with E-state index in [4.69, 9.17) is 11.8 Å². The summed E-state index contributed by atoms with van der Waals surface area (Å²) < 4.78 is 8.89. The number of carbonyl (C=O) groups is 1. The van der Waals surface area contributed by atoms with Crippen molar-refractivity contribution in [3.8, 4) is 6.07 Å². The first-order valence-corrected chi connectivity index (χ1v) is 3.31. The molecule has 0 saturated heterocycles. The second-order valence-electron chi connectivity index (χ2n) is 1.74. The molecule has 0 spiro atoms. The lowest BCUT2D eigenvalue weighted by atomic mass is 10.5. The zero-order chi connectivity index (χ0) is 9.23. The summed E-state index contributed by atoms with van der Waals surface area (Å²) in [5.74, 6) is 0. The molecule has 0 unspecified atom stereocenters. The predicted octanol–water partition coefficient (Wildman–Crippen LogP) is 0.973. The lowest BCUT2D eigenvalue weighted by molar-refractivity contribution is 0.0602. The fraction of sp³-hybridized carbons (Fsp3) is 0.571. The van der Waals surface area contributed by atoms with Crippen LogP contribution in [0, 0.1) is 17.9 Å². The molecule has 64 valence electrons. The van der Waals surface area contributed by atoms with Gasteiger partial charge in [-0.05, 0) is 0 Å². The highest BCUT2D eigenvalue weighted by atomic mass is 16.7. The topological polar surface area (TPSA) is 63.7 Å². The van der Waals surface area contributed by atoms with Crippen LogP contribution >= 0.6 is 0 Å². The molecular formula is C7H8N2O3. The molecule has 5 heteroatoms. The first-order valence-electron chi connectivity index (χ1n) is 3.31. The summed E-state index contributed by atoms with van der Waals surface area (Å²) in [5.41, 5.74) is 0. The second-order valence-corrected chi connectivity index (χ2v) is 1.74. The largest absolute Gasteiger partial charge is 0.508 e. The summed E-state index contributed by atoms with van der Waals surface area (Å²) in [6.45, 7) is 6.57. The molecule has 0 fully saturated rings. The maximum absolute atomic E-state index is 10.5. The van der Waals surface area contributed by atoms with Crippen LogP contribution in [0.1, 0.15) is 6.42 Å². The van der Waals surface area contributed by atoms with Crippen LogP contribution in [0.2, 0.25) is 0 Å². The van der Waals surface area contributed by atoms with E-state index in [0.717, 1.165) is 0 Å². The number of hydrogen-bond acceptors (Lipinski definition) is 4. The lowest BCUT2D eigenvalue weighted by Gasteiger charge is -2.00. The Morgan fingerprint density at radius 3 is 2.75 bits per heavy atom. The molecule has 0 aliphatic heterocycles. The van der Waals surface area contributed by atoms with Gasteiger partial charge in [-0.25, -0.2) is 11.4 Å². The fourth-order valence-electron chi connectivity index (χ4n) is 0.396. The molecule has 5 nitrogen and oxygen atoms in total. The Bertz CT molecular complexity index is 192. The quantitative estimate of drug-likeness (QED) is 0.356. The lowest BCUT2D eigenvalue weighted by Crippen LogP contribution is -2.10. The molecule has 0 saturated carbocycles. The number of nitrogens with zero attached hydrogens (tertiary/aromatic N) is 2. The van der Waals surface area contributed by atoms with Gasteiger partial charge < -0.3 is 14.3 Å². The number of rotatable bonds is 4. The fourth-order valence-corrected chi connectivity index (χ4v) is 0.396. The summed E-state index contributed by atoms with van der Waals surface area (Å²) in [5, 5.41) is 8.07. The maximum Gasteiger partial charge on any atom is 0.508 e. The van der Waals surface area contributed by atoms with E-state index in [0.29, 0.717) is 0 Å². The van der Waals surface area contributed by atoms with Crippen molar-refractivity contribution in [3.05, 3.63) is 11.4 Å². The molecule has 0 radical (unpaired) electrons. The third-order valence-electron chi connectivity index (χ3n) is 0.857. The molecule has 0 aromatic carbocycles. The monoisotopic (exact) mass is 168 g/mol. The molecule has 0 rings (SSSR count). The molecule has 0 amide bonds. The molecule has 0 aliphatic rings. The molecule has 0 N–H and O–H groups in total. The number of ether oxygens (including phenoxy) is 2. The van der Waals surface area contributed by atoms with Gasteiger partial charge in [0.15, 0.2) is 6.61 Å². The number of nitriles is 1. The van der Waals surface area contributed by atoms with Crippen molar-refractivity contribution in [3.63, 3.8) is 0 Å². The van der Waals surface area contributed by atoms with Gasteiger partial charge in [0, 0.05) is 0 Å². The minimum atomic E-state index is -0.825. The summed E-state index contributed by atoms with van der Waals surface area (Å²) in [6, 6.07) is 1.81. The molecule has 12 heavy (non-hydrogen) atoms. The van der Waals surface area contributed by atoms with Crippen molar-refractivity contribution in [2.45, 2.75) is 6.42 Å². The smallest absolute Gasteiger partial charge is 0.433 e. The molecule has 0 aliphatic carbocycles. The van der Waals surface area contributed by atoms with Crippen molar-refractivity contribution >= 4 is 6.16 Å². The van der Waals surface area contributed by atoms with Gasteiger partial charge in [0.05, 0.1) is 12.5 Å². The minimum absolute atomic E-state index is 0.0351. The second kappa shape index (κ2) is 7.36. The van der Waals surface area contributed by atoms with Gasteiger partial charge >= 0.3 is 6.16 Å². The standard InChI is InChI=1S/C7H8N2O3/c1-9-4-6-12-7(10)11-5-2-3-8/h2,4-6H2. The van der Waals surface area contributed by atoms with Gasteiger partial charge in [0.1, 0.15) is 6.61 Å². The highest BCUT2D eigenvalue weighted by Crippen LogP contribution is 1.87. The summed E-state index contributed by atoms with van der Waals surface area (Å²) in [6.07, 6.45) is -0.674. The van der Waals surface area contributed by atoms with Crippen LogP contribution in [0.3, 0.4) is 0 Å². The zero-order valence-electron chi connectivity index (χ0n) is 6.45. The van der Waals surface area contributed by atoms with Crippen molar-refractivity contribution in [1.82, 2.24) is 0 Å². The van der Waals surface area contributed by atoms with Crippen LogP contribution in [0.5, 0.6) is 0 Å². The van der Waals surface area contributed by atoms with Crippen LogP contribution < -0.4 is 0 Å². The van der Waals surface area contributed by atoms with E-state index in [1.54, 1.807) is 0 Å². The van der Waals surface area contributed by atoms with Gasteiger partial charge in [0.2, 0.25) is 6.54 Å². The predicted molar refractivity (Wildman–Crippen MR) is 39.0 cm³/mol. The zero-order valence-corrected chi connectivity index (χ0v) is 6.45. The summed E-state index contributed by atoms with van der Waals surface area (Å²) in [4.78, 5) is 13.5. The van der Waals surface area contributed by atoms with E-state index in [2.05, 4.69) is 14.3 Å². The number of carbonyl (C=O) groups excluding carboxylic acids is 1.